The molecule has 0 saturated carbocycles. The Morgan fingerprint density at radius 2 is 2.03 bits per heavy atom. The number of benzene rings is 1. The lowest BCUT2D eigenvalue weighted by Gasteiger charge is -2.44. The summed E-state index contributed by atoms with van der Waals surface area (Å²) in [7, 11) is 0. The van der Waals surface area contributed by atoms with Gasteiger partial charge in [-0.2, -0.15) is 4.99 Å². The Labute approximate surface area is 208 Å². The van der Waals surface area contributed by atoms with Gasteiger partial charge in [0.2, 0.25) is 0 Å². The van der Waals surface area contributed by atoms with E-state index in [2.05, 4.69) is 15.7 Å². The Hall–Kier alpha value is -2.92. The molecule has 3 rings (SSSR count). The maximum Gasteiger partial charge on any atom is 0.413 e. The number of nitrogens with zero attached hydrogens (tertiary/aromatic N) is 2. The van der Waals surface area contributed by atoms with Gasteiger partial charge in [0.1, 0.15) is 17.1 Å². The molecule has 0 aliphatic carbocycles. The monoisotopic (exact) mass is 506 g/mol. The van der Waals surface area contributed by atoms with E-state index in [1.807, 2.05) is 5.01 Å². The minimum absolute atomic E-state index is 0.148. The zero-order valence-electron chi connectivity index (χ0n) is 20.5. The third-order valence-electron chi connectivity index (χ3n) is 6.10. The van der Waals surface area contributed by atoms with Crippen LogP contribution in [0.15, 0.2) is 28.1 Å². The molecular formula is C24H31FN4O5S. The van der Waals surface area contributed by atoms with E-state index in [0.717, 1.165) is 32.0 Å². The Bertz CT molecular complexity index is 1080. The maximum absolute atomic E-state index is 14.0. The molecule has 9 nitrogen and oxygen atoms in total. The highest BCUT2D eigenvalue weighted by molar-refractivity contribution is 8.18. The number of thioether (sulfide) groups is 1. The number of hydrogen-bond acceptors (Lipinski definition) is 7. The first-order chi connectivity index (χ1) is 16.3. The zero-order chi connectivity index (χ0) is 26.0. The van der Waals surface area contributed by atoms with Crippen LogP contribution >= 0.6 is 11.8 Å². The van der Waals surface area contributed by atoms with Gasteiger partial charge < -0.3 is 15.2 Å². The molecule has 1 aromatic rings. The molecule has 2 heterocycles. The van der Waals surface area contributed by atoms with Crippen molar-refractivity contribution < 1.29 is 28.6 Å². The van der Waals surface area contributed by atoms with Gasteiger partial charge in [0.15, 0.2) is 5.17 Å². The topological polar surface area (TPSA) is 120 Å². The second-order valence-corrected chi connectivity index (χ2v) is 10.8. The van der Waals surface area contributed by atoms with E-state index >= 15 is 0 Å². The normalized spacial score (nSPS) is 19.5. The van der Waals surface area contributed by atoms with Crippen molar-refractivity contribution in [2.45, 2.75) is 53.0 Å². The number of hydrazine groups is 1. The largest absolute Gasteiger partial charge is 0.479 e. The van der Waals surface area contributed by atoms with Gasteiger partial charge >= 0.3 is 12.1 Å². The van der Waals surface area contributed by atoms with E-state index in [1.54, 1.807) is 34.6 Å². The van der Waals surface area contributed by atoms with Crippen molar-refractivity contribution in [3.63, 3.8) is 0 Å². The van der Waals surface area contributed by atoms with Gasteiger partial charge in [-0.1, -0.05) is 34.6 Å². The number of carboxylic acids is 1. The lowest BCUT2D eigenvalue weighted by molar-refractivity contribution is -0.152. The number of nitrogens with one attached hydrogen (secondary N) is 2. The Morgan fingerprint density at radius 1 is 1.31 bits per heavy atom. The number of aliphatic carboxylic acids is 1. The predicted octanol–water partition coefficient (Wildman–Crippen LogP) is 4.01. The number of carbonyl (C=O) groups is 3. The molecule has 0 bridgehead atoms. The summed E-state index contributed by atoms with van der Waals surface area (Å²) >= 11 is 1.17. The van der Waals surface area contributed by atoms with E-state index in [4.69, 9.17) is 4.74 Å². The Kier molecular flexibility index (Phi) is 7.90. The summed E-state index contributed by atoms with van der Waals surface area (Å²) in [6.45, 7) is 10.0. The average Bonchev–Trinajstić information content (AvgIpc) is 3.13. The van der Waals surface area contributed by atoms with Gasteiger partial charge in [-0.25, -0.2) is 19.4 Å². The van der Waals surface area contributed by atoms with Gasteiger partial charge in [-0.05, 0) is 54.1 Å². The molecule has 1 aromatic carbocycles. The highest BCUT2D eigenvalue weighted by atomic mass is 32.2. The van der Waals surface area contributed by atoms with Gasteiger partial charge in [0, 0.05) is 24.7 Å². The fraction of sp³-hybridized carbons (Fsp3) is 0.500. The summed E-state index contributed by atoms with van der Waals surface area (Å²) in [4.78, 5) is 42.0. The van der Waals surface area contributed by atoms with Crippen molar-refractivity contribution >= 4 is 41.0 Å². The van der Waals surface area contributed by atoms with Gasteiger partial charge in [-0.15, -0.1) is 0 Å². The molecule has 1 fully saturated rings. The Morgan fingerprint density at radius 3 is 2.60 bits per heavy atom. The highest BCUT2D eigenvalue weighted by Crippen LogP contribution is 2.38. The molecule has 0 radical (unpaired) electrons. The number of ether oxygens (including phenoxy) is 1. The molecule has 2 aliphatic heterocycles. The molecular weight excluding hydrogens is 475 g/mol. The minimum Gasteiger partial charge on any atom is -0.479 e. The summed E-state index contributed by atoms with van der Waals surface area (Å²) in [6.07, 6.45) is 2.46. The second kappa shape index (κ2) is 10.4. The summed E-state index contributed by atoms with van der Waals surface area (Å²) in [6, 6.07) is 3.57. The van der Waals surface area contributed by atoms with Gasteiger partial charge in [0.05, 0.1) is 4.91 Å². The summed E-state index contributed by atoms with van der Waals surface area (Å²) in [5.74, 6) is -2.94. The maximum atomic E-state index is 14.0. The fourth-order valence-corrected chi connectivity index (χ4v) is 5.24. The molecule has 2 amide bonds. The van der Waals surface area contributed by atoms with Gasteiger partial charge in [-0.3, -0.25) is 9.80 Å². The molecule has 3 N–H and O–H groups in total. The number of carbonyl (C=O) groups excluding carboxylic acids is 2. The predicted molar refractivity (Wildman–Crippen MR) is 132 cm³/mol. The van der Waals surface area contributed by atoms with Crippen molar-refractivity contribution in [1.29, 1.82) is 0 Å². The van der Waals surface area contributed by atoms with Crippen LogP contribution in [0, 0.1) is 17.2 Å². The number of hydrogen-bond donors (Lipinski definition) is 3. The molecule has 0 aromatic heterocycles. The molecule has 1 atom stereocenters. The average molecular weight is 507 g/mol. The minimum atomic E-state index is -1.64. The Balaban J connectivity index is 1.85. The van der Waals surface area contributed by atoms with Crippen molar-refractivity contribution in [3.8, 4) is 5.75 Å². The van der Waals surface area contributed by atoms with Crippen LogP contribution in [-0.4, -0.2) is 51.9 Å². The fourth-order valence-electron chi connectivity index (χ4n) is 4.33. The molecule has 11 heteroatoms. The van der Waals surface area contributed by atoms with Crippen molar-refractivity contribution in [1.82, 2.24) is 15.8 Å². The van der Waals surface area contributed by atoms with Crippen LogP contribution in [0.2, 0.25) is 0 Å². The van der Waals surface area contributed by atoms with E-state index in [-0.39, 0.29) is 11.3 Å². The quantitative estimate of drug-likeness (QED) is 0.513. The zero-order valence-corrected chi connectivity index (χ0v) is 21.3. The summed E-state index contributed by atoms with van der Waals surface area (Å²) in [5.41, 5.74) is 0.969. The molecule has 1 saturated heterocycles. The molecule has 2 aliphatic rings. The first-order valence-electron chi connectivity index (χ1n) is 11.4. The lowest BCUT2D eigenvalue weighted by atomic mass is 9.67. The number of rotatable bonds is 5. The van der Waals surface area contributed by atoms with Crippen LogP contribution in [0.3, 0.4) is 0 Å². The molecule has 0 unspecified atom stereocenters. The molecule has 0 spiro atoms. The SMILES string of the molecule is CC(C)[C@](NC(=O)Oc1cc(F)ccc1/C=C1/SC(N2CCCCN2)=NC1=O)(C(=O)O)C(C)(C)C. The van der Waals surface area contributed by atoms with E-state index < -0.39 is 40.7 Å². The van der Waals surface area contributed by atoms with Crippen LogP contribution < -0.4 is 15.5 Å². The first-order valence-corrected chi connectivity index (χ1v) is 12.2. The van der Waals surface area contributed by atoms with E-state index in [9.17, 15) is 23.9 Å². The highest BCUT2D eigenvalue weighted by Gasteiger charge is 2.53. The van der Waals surface area contributed by atoms with Crippen LogP contribution in [0.1, 0.15) is 53.0 Å². The second-order valence-electron chi connectivity index (χ2n) is 9.79. The van der Waals surface area contributed by atoms with Crippen molar-refractivity contribution in [2.75, 3.05) is 13.1 Å². The first kappa shape index (κ1) is 26.7. The van der Waals surface area contributed by atoms with Crippen LogP contribution in [0.4, 0.5) is 9.18 Å². The number of aliphatic imine (C=N–C) groups is 1. The van der Waals surface area contributed by atoms with Crippen molar-refractivity contribution in [3.05, 3.63) is 34.5 Å². The van der Waals surface area contributed by atoms with Crippen molar-refractivity contribution in [2.24, 2.45) is 16.3 Å². The van der Waals surface area contributed by atoms with Crippen LogP contribution in [0.5, 0.6) is 5.75 Å². The number of amidine groups is 1. The molecule has 190 valence electrons. The van der Waals surface area contributed by atoms with Crippen LogP contribution in [0.25, 0.3) is 6.08 Å². The number of amides is 2. The third-order valence-corrected chi connectivity index (χ3v) is 7.11. The summed E-state index contributed by atoms with van der Waals surface area (Å²) in [5, 5.41) is 14.8. The number of halogens is 1. The van der Waals surface area contributed by atoms with Gasteiger partial charge in [0.25, 0.3) is 5.91 Å². The van der Waals surface area contributed by atoms with E-state index in [1.165, 1.54) is 30.0 Å². The third kappa shape index (κ3) is 5.67. The van der Waals surface area contributed by atoms with E-state index in [0.29, 0.717) is 10.1 Å². The number of carboxylic acid groups (broad SMARTS) is 1. The smallest absolute Gasteiger partial charge is 0.413 e. The molecule has 35 heavy (non-hydrogen) atoms. The summed E-state index contributed by atoms with van der Waals surface area (Å²) < 4.78 is 19.4. The lowest BCUT2D eigenvalue weighted by Crippen LogP contribution is -2.66. The van der Waals surface area contributed by atoms with Crippen LogP contribution in [-0.2, 0) is 9.59 Å². The standard InChI is InChI=1S/C24H31FN4O5S/c1-14(2)24(20(31)32,23(3,4)5)28-22(33)34-17-13-16(25)9-8-15(17)12-18-19(30)27-21(35-18)29-11-7-6-10-26-29/h8-9,12-14,26H,6-7,10-11H2,1-5H3,(H,28,33)(H,31,32)/b18-12+/t24-/m0/s1.